The monoisotopic (exact) mass is 364 g/mol. The van der Waals surface area contributed by atoms with Gasteiger partial charge in [-0.25, -0.2) is 9.38 Å². The van der Waals surface area contributed by atoms with E-state index in [1.165, 1.54) is 18.3 Å². The Hall–Kier alpha value is -2.99. The molecule has 0 spiro atoms. The number of rotatable bonds is 2. The fraction of sp³-hybridized carbons (Fsp3) is 0.150. The lowest BCUT2D eigenvalue weighted by Crippen LogP contribution is -2.22. The highest BCUT2D eigenvalue weighted by Crippen LogP contribution is 2.21. The SMILES string of the molecule is CC(=O)Oc1cccc(C=c2sc3nc4cc(C)c(C)cc4n3c2=O)c1. The summed E-state index contributed by atoms with van der Waals surface area (Å²) >= 11 is 1.35. The first-order valence-corrected chi connectivity index (χ1v) is 8.96. The van der Waals surface area contributed by atoms with Gasteiger partial charge in [0.1, 0.15) is 5.75 Å². The smallest absolute Gasteiger partial charge is 0.308 e. The van der Waals surface area contributed by atoms with Crippen LogP contribution in [-0.4, -0.2) is 15.4 Å². The first kappa shape index (κ1) is 16.5. The predicted molar refractivity (Wildman–Crippen MR) is 103 cm³/mol. The Balaban J connectivity index is 1.89. The Morgan fingerprint density at radius 3 is 2.73 bits per heavy atom. The Morgan fingerprint density at radius 1 is 1.19 bits per heavy atom. The van der Waals surface area contributed by atoms with Crippen molar-refractivity contribution in [1.82, 2.24) is 9.38 Å². The first-order valence-electron chi connectivity index (χ1n) is 8.15. The van der Waals surface area contributed by atoms with E-state index in [0.717, 1.165) is 27.7 Å². The minimum Gasteiger partial charge on any atom is -0.427 e. The molecular weight excluding hydrogens is 348 g/mol. The molecule has 2 heterocycles. The van der Waals surface area contributed by atoms with Crippen molar-refractivity contribution in [3.63, 3.8) is 0 Å². The minimum absolute atomic E-state index is 0.0892. The van der Waals surface area contributed by atoms with Crippen molar-refractivity contribution in [2.75, 3.05) is 0 Å². The van der Waals surface area contributed by atoms with Gasteiger partial charge in [0.15, 0.2) is 4.96 Å². The van der Waals surface area contributed by atoms with E-state index in [1.54, 1.807) is 28.7 Å². The quantitative estimate of drug-likeness (QED) is 0.405. The summed E-state index contributed by atoms with van der Waals surface area (Å²) in [4.78, 5) is 29.3. The standard InChI is InChI=1S/C20H16N2O3S/c1-11-7-16-17(8-12(11)2)22-19(24)18(26-20(22)21-16)10-14-5-4-6-15(9-14)25-13(3)23/h4-10H,1-3H3. The average Bonchev–Trinajstić information content (AvgIpc) is 3.05. The van der Waals surface area contributed by atoms with Gasteiger partial charge in [0.25, 0.3) is 5.56 Å². The number of hydrogen-bond donors (Lipinski definition) is 0. The van der Waals surface area contributed by atoms with Gasteiger partial charge < -0.3 is 4.74 Å². The van der Waals surface area contributed by atoms with Gasteiger partial charge in [-0.2, -0.15) is 0 Å². The number of carbonyl (C=O) groups excluding carboxylic acids is 1. The van der Waals surface area contributed by atoms with E-state index < -0.39 is 0 Å². The van der Waals surface area contributed by atoms with Gasteiger partial charge in [0.2, 0.25) is 0 Å². The van der Waals surface area contributed by atoms with Gasteiger partial charge in [-0.15, -0.1) is 0 Å². The fourth-order valence-electron chi connectivity index (χ4n) is 2.90. The largest absolute Gasteiger partial charge is 0.427 e. The van der Waals surface area contributed by atoms with Crippen LogP contribution in [-0.2, 0) is 4.79 Å². The van der Waals surface area contributed by atoms with Crippen LogP contribution >= 0.6 is 11.3 Å². The molecule has 0 aliphatic heterocycles. The lowest BCUT2D eigenvalue weighted by atomic mass is 10.1. The molecule has 0 aliphatic carbocycles. The summed E-state index contributed by atoms with van der Waals surface area (Å²) in [6.07, 6.45) is 1.79. The average molecular weight is 364 g/mol. The zero-order valence-electron chi connectivity index (χ0n) is 14.6. The Bertz CT molecular complexity index is 1280. The summed E-state index contributed by atoms with van der Waals surface area (Å²) in [6.45, 7) is 5.42. The summed E-state index contributed by atoms with van der Waals surface area (Å²) in [6, 6.07) is 11.1. The molecule has 26 heavy (non-hydrogen) atoms. The van der Waals surface area contributed by atoms with Crippen LogP contribution in [0.2, 0.25) is 0 Å². The second-order valence-corrected chi connectivity index (χ2v) is 7.25. The van der Waals surface area contributed by atoms with Crippen molar-refractivity contribution in [2.45, 2.75) is 20.8 Å². The van der Waals surface area contributed by atoms with Crippen LogP contribution in [0.15, 0.2) is 41.2 Å². The van der Waals surface area contributed by atoms with Gasteiger partial charge in [-0.3, -0.25) is 9.59 Å². The van der Waals surface area contributed by atoms with Crippen molar-refractivity contribution in [2.24, 2.45) is 0 Å². The van der Waals surface area contributed by atoms with Crippen LogP contribution in [0.25, 0.3) is 22.1 Å². The maximum absolute atomic E-state index is 12.9. The third-order valence-corrected chi connectivity index (χ3v) is 5.24. The molecule has 130 valence electrons. The van der Waals surface area contributed by atoms with Crippen molar-refractivity contribution >= 4 is 39.4 Å². The third kappa shape index (κ3) is 2.78. The van der Waals surface area contributed by atoms with Crippen molar-refractivity contribution in [3.8, 4) is 5.75 Å². The van der Waals surface area contributed by atoms with E-state index in [-0.39, 0.29) is 11.5 Å². The Morgan fingerprint density at radius 2 is 1.96 bits per heavy atom. The van der Waals surface area contributed by atoms with Crippen molar-refractivity contribution in [3.05, 3.63) is 68.0 Å². The predicted octanol–water partition coefficient (Wildman–Crippen LogP) is 3.00. The molecule has 0 amide bonds. The number of nitrogens with zero attached hydrogens (tertiary/aromatic N) is 2. The van der Waals surface area contributed by atoms with Gasteiger partial charge in [0, 0.05) is 6.92 Å². The highest BCUT2D eigenvalue weighted by Gasteiger charge is 2.12. The second kappa shape index (κ2) is 6.07. The number of hydrogen-bond acceptors (Lipinski definition) is 5. The van der Waals surface area contributed by atoms with E-state index in [4.69, 9.17) is 4.74 Å². The van der Waals surface area contributed by atoms with Crippen LogP contribution in [0.3, 0.4) is 0 Å². The third-order valence-electron chi connectivity index (χ3n) is 4.27. The van der Waals surface area contributed by atoms with E-state index in [1.807, 2.05) is 32.0 Å². The number of aryl methyl sites for hydroxylation is 2. The van der Waals surface area contributed by atoms with Gasteiger partial charge >= 0.3 is 5.97 Å². The van der Waals surface area contributed by atoms with E-state index in [0.29, 0.717) is 15.2 Å². The van der Waals surface area contributed by atoms with Gasteiger partial charge in [0.05, 0.1) is 15.6 Å². The van der Waals surface area contributed by atoms with E-state index >= 15 is 0 Å². The fourth-order valence-corrected chi connectivity index (χ4v) is 3.89. The molecule has 0 saturated heterocycles. The first-order chi connectivity index (χ1) is 12.4. The maximum Gasteiger partial charge on any atom is 0.308 e. The minimum atomic E-state index is -0.376. The Kier molecular flexibility index (Phi) is 3.85. The van der Waals surface area contributed by atoms with Gasteiger partial charge in [-0.1, -0.05) is 23.5 Å². The molecule has 5 nitrogen and oxygen atoms in total. The van der Waals surface area contributed by atoms with Crippen molar-refractivity contribution in [1.29, 1.82) is 0 Å². The molecule has 0 radical (unpaired) electrons. The van der Waals surface area contributed by atoms with E-state index in [2.05, 4.69) is 4.98 Å². The van der Waals surface area contributed by atoms with Gasteiger partial charge in [-0.05, 0) is 60.9 Å². The second-order valence-electron chi connectivity index (χ2n) is 6.24. The van der Waals surface area contributed by atoms with Crippen LogP contribution < -0.4 is 14.8 Å². The zero-order valence-corrected chi connectivity index (χ0v) is 15.4. The summed E-state index contributed by atoms with van der Waals surface area (Å²) in [7, 11) is 0. The van der Waals surface area contributed by atoms with Crippen LogP contribution in [0.5, 0.6) is 5.75 Å². The molecule has 0 atom stereocenters. The Labute approximate surface area is 153 Å². The topological polar surface area (TPSA) is 60.7 Å². The summed E-state index contributed by atoms with van der Waals surface area (Å²) in [5.74, 6) is 0.0787. The molecule has 0 saturated carbocycles. The normalized spacial score (nSPS) is 12.2. The molecule has 4 rings (SSSR count). The highest BCUT2D eigenvalue weighted by atomic mass is 32.1. The molecule has 2 aromatic carbocycles. The molecule has 4 aromatic rings. The molecule has 0 N–H and O–H groups in total. The number of benzene rings is 2. The number of thiazole rings is 1. The molecule has 0 aliphatic rings. The van der Waals surface area contributed by atoms with Crippen LogP contribution in [0.4, 0.5) is 0 Å². The zero-order chi connectivity index (χ0) is 18.4. The highest BCUT2D eigenvalue weighted by molar-refractivity contribution is 7.15. The molecule has 0 unspecified atom stereocenters. The molecule has 2 aromatic heterocycles. The van der Waals surface area contributed by atoms with E-state index in [9.17, 15) is 9.59 Å². The molecule has 6 heteroatoms. The number of aromatic nitrogens is 2. The summed E-state index contributed by atoms with van der Waals surface area (Å²) < 4.78 is 7.35. The summed E-state index contributed by atoms with van der Waals surface area (Å²) in [5, 5.41) is 0. The van der Waals surface area contributed by atoms with Crippen LogP contribution in [0.1, 0.15) is 23.6 Å². The lowest BCUT2D eigenvalue weighted by molar-refractivity contribution is -0.131. The molecule has 0 fully saturated rings. The number of carbonyl (C=O) groups is 1. The summed E-state index contributed by atoms with van der Waals surface area (Å²) in [5.41, 5.74) is 4.65. The lowest BCUT2D eigenvalue weighted by Gasteiger charge is -2.01. The number of imidazole rings is 1. The maximum atomic E-state index is 12.9. The number of fused-ring (bicyclic) bond motifs is 3. The van der Waals surface area contributed by atoms with Crippen molar-refractivity contribution < 1.29 is 9.53 Å². The number of esters is 1. The molecular formula is C20H16N2O3S. The molecule has 0 bridgehead atoms. The number of ether oxygens (including phenoxy) is 1. The van der Waals surface area contributed by atoms with Crippen LogP contribution in [0, 0.1) is 13.8 Å².